The van der Waals surface area contributed by atoms with Crippen molar-refractivity contribution in [3.05, 3.63) is 126 Å². The lowest BCUT2D eigenvalue weighted by Gasteiger charge is -2.25. The van der Waals surface area contributed by atoms with Crippen LogP contribution in [0.4, 0.5) is 5.82 Å². The molecule has 1 saturated heterocycles. The number of aromatic nitrogens is 4. The highest BCUT2D eigenvalue weighted by Gasteiger charge is 2.48. The van der Waals surface area contributed by atoms with E-state index in [1.54, 1.807) is 10.7 Å². The lowest BCUT2D eigenvalue weighted by molar-refractivity contribution is -0.0898. The molecule has 9 nitrogen and oxygen atoms in total. The summed E-state index contributed by atoms with van der Waals surface area (Å²) in [5.41, 5.74) is 10.5. The lowest BCUT2D eigenvalue weighted by Crippen LogP contribution is -2.38. The van der Waals surface area contributed by atoms with Crippen LogP contribution in [0.1, 0.15) is 28.5 Å². The Morgan fingerprint density at radius 3 is 1.93 bits per heavy atom. The molecule has 0 aliphatic carbocycles. The fraction of sp³-hybridized carbons (Fsp3) is 0.258. The Balaban J connectivity index is 1.29. The van der Waals surface area contributed by atoms with E-state index in [1.165, 1.54) is 6.33 Å². The molecule has 5 aromatic rings. The highest BCUT2D eigenvalue weighted by Crippen LogP contribution is 2.38. The summed E-state index contributed by atoms with van der Waals surface area (Å²) >= 11 is 0. The van der Waals surface area contributed by atoms with E-state index in [0.717, 1.165) is 16.7 Å². The van der Waals surface area contributed by atoms with Crippen molar-refractivity contribution in [1.29, 1.82) is 0 Å². The van der Waals surface area contributed by atoms with Crippen LogP contribution in [0.15, 0.2) is 104 Å². The molecule has 0 bridgehead atoms. The van der Waals surface area contributed by atoms with Crippen LogP contribution in [0.3, 0.4) is 0 Å². The first-order valence-corrected chi connectivity index (χ1v) is 13.3. The Hall–Kier alpha value is -4.15. The first kappa shape index (κ1) is 26.1. The predicted octanol–water partition coefficient (Wildman–Crippen LogP) is 4.53. The zero-order chi connectivity index (χ0) is 27.1. The average molecular weight is 538 g/mol. The highest BCUT2D eigenvalue weighted by atomic mass is 16.6. The van der Waals surface area contributed by atoms with Crippen LogP contribution in [0.2, 0.25) is 0 Å². The van der Waals surface area contributed by atoms with Gasteiger partial charge in [-0.05, 0) is 16.7 Å². The Kier molecular flexibility index (Phi) is 8.06. The topological polar surface area (TPSA) is 106 Å². The summed E-state index contributed by atoms with van der Waals surface area (Å²) in [5.74, 6) is 0.292. The molecule has 40 heavy (non-hydrogen) atoms. The zero-order valence-electron chi connectivity index (χ0n) is 22.0. The summed E-state index contributed by atoms with van der Waals surface area (Å²) in [6, 6.07) is 30.2. The molecule has 1 aliphatic heterocycles. The maximum Gasteiger partial charge on any atom is 0.196 e. The quantitative estimate of drug-likeness (QED) is 0.262. The molecule has 0 radical (unpaired) electrons. The molecular formula is C31H31N5O4. The molecule has 9 heteroatoms. The number of rotatable bonds is 11. The molecule has 3 aromatic carbocycles. The van der Waals surface area contributed by atoms with Crippen LogP contribution in [-0.2, 0) is 38.8 Å². The van der Waals surface area contributed by atoms with E-state index in [4.69, 9.17) is 24.7 Å². The summed E-state index contributed by atoms with van der Waals surface area (Å²) in [6.07, 6.45) is 1.30. The van der Waals surface area contributed by atoms with Crippen LogP contribution in [-0.4, -0.2) is 44.5 Å². The van der Waals surface area contributed by atoms with Crippen LogP contribution in [0, 0.1) is 0 Å². The third-order valence-electron chi connectivity index (χ3n) is 6.92. The number of imidazole rings is 1. The molecule has 2 N–H and O–H groups in total. The smallest absolute Gasteiger partial charge is 0.196 e. The molecule has 4 atom stereocenters. The van der Waals surface area contributed by atoms with Crippen LogP contribution in [0.5, 0.6) is 0 Å². The number of anilines is 1. The maximum absolute atomic E-state index is 6.66. The third-order valence-corrected chi connectivity index (χ3v) is 6.92. The standard InChI is InChI=1S/C31H31N5O4/c32-30-31-33-16-25(36(31)35-21-34-30)27-29(39-19-24-14-8-3-9-15-24)28(38-18-23-12-6-2-7-13-23)26(40-27)20-37-17-22-10-4-1-5-11-22/h1-16,21,26-29H,17-20H2,(H2,32,34,35). The maximum atomic E-state index is 6.66. The summed E-state index contributed by atoms with van der Waals surface area (Å²) in [7, 11) is 0. The number of nitrogens with zero attached hydrogens (tertiary/aromatic N) is 4. The van der Waals surface area contributed by atoms with E-state index >= 15 is 0 Å². The normalized spacial score (nSPS) is 20.7. The van der Waals surface area contributed by atoms with Crippen LogP contribution >= 0.6 is 0 Å². The zero-order valence-corrected chi connectivity index (χ0v) is 22.0. The van der Waals surface area contributed by atoms with E-state index in [1.807, 2.05) is 91.0 Å². The Morgan fingerprint density at radius 2 is 1.30 bits per heavy atom. The van der Waals surface area contributed by atoms with Crippen molar-refractivity contribution in [1.82, 2.24) is 19.6 Å². The number of hydrogen-bond acceptors (Lipinski definition) is 8. The van der Waals surface area contributed by atoms with E-state index in [-0.39, 0.29) is 0 Å². The average Bonchev–Trinajstić information content (AvgIpc) is 3.58. The molecule has 1 aliphatic rings. The summed E-state index contributed by atoms with van der Waals surface area (Å²) < 4.78 is 27.6. The van der Waals surface area contributed by atoms with Crippen molar-refractivity contribution in [2.45, 2.75) is 44.2 Å². The summed E-state index contributed by atoms with van der Waals surface area (Å²) in [6.45, 7) is 1.59. The van der Waals surface area contributed by atoms with E-state index < -0.39 is 24.4 Å². The molecule has 4 unspecified atom stereocenters. The number of hydrogen-bond donors (Lipinski definition) is 1. The minimum atomic E-state index is -0.529. The Bertz CT molecular complexity index is 1500. The second-order valence-corrected chi connectivity index (χ2v) is 9.68. The van der Waals surface area contributed by atoms with Gasteiger partial charge >= 0.3 is 0 Å². The summed E-state index contributed by atoms with van der Waals surface area (Å²) in [4.78, 5) is 8.54. The first-order chi connectivity index (χ1) is 19.8. The van der Waals surface area contributed by atoms with Gasteiger partial charge in [-0.2, -0.15) is 5.10 Å². The van der Waals surface area contributed by atoms with Gasteiger partial charge in [0.25, 0.3) is 0 Å². The van der Waals surface area contributed by atoms with Crippen molar-refractivity contribution < 1.29 is 18.9 Å². The number of fused-ring (bicyclic) bond motifs is 1. The van der Waals surface area contributed by atoms with Crippen molar-refractivity contribution >= 4 is 11.5 Å². The number of benzene rings is 3. The van der Waals surface area contributed by atoms with E-state index in [2.05, 4.69) is 15.1 Å². The molecule has 0 amide bonds. The molecule has 3 heterocycles. The van der Waals surface area contributed by atoms with Crippen molar-refractivity contribution in [2.24, 2.45) is 0 Å². The molecular weight excluding hydrogens is 506 g/mol. The van der Waals surface area contributed by atoms with Gasteiger partial charge < -0.3 is 24.7 Å². The fourth-order valence-corrected chi connectivity index (χ4v) is 4.93. The van der Waals surface area contributed by atoms with Crippen molar-refractivity contribution in [3.63, 3.8) is 0 Å². The number of nitrogen functional groups attached to an aromatic ring is 1. The molecule has 2 aromatic heterocycles. The van der Waals surface area contributed by atoms with Crippen LogP contribution in [0.25, 0.3) is 5.65 Å². The highest BCUT2D eigenvalue weighted by molar-refractivity contribution is 5.58. The predicted molar refractivity (Wildman–Crippen MR) is 149 cm³/mol. The van der Waals surface area contributed by atoms with Gasteiger partial charge in [-0.3, -0.25) is 0 Å². The van der Waals surface area contributed by atoms with Gasteiger partial charge in [-0.15, -0.1) is 0 Å². The minimum absolute atomic E-state index is 0.292. The van der Waals surface area contributed by atoms with E-state index in [9.17, 15) is 0 Å². The van der Waals surface area contributed by atoms with Gasteiger partial charge in [0.1, 0.15) is 30.7 Å². The Morgan fingerprint density at radius 1 is 0.725 bits per heavy atom. The SMILES string of the molecule is Nc1ncnn2c(C3OC(COCc4ccccc4)C(OCc4ccccc4)C3OCc3ccccc3)cnc12. The van der Waals surface area contributed by atoms with Crippen molar-refractivity contribution in [2.75, 3.05) is 12.3 Å². The monoisotopic (exact) mass is 537 g/mol. The summed E-state index contributed by atoms with van der Waals surface area (Å²) in [5, 5.41) is 4.40. The molecule has 6 rings (SSSR count). The van der Waals surface area contributed by atoms with E-state index in [0.29, 0.717) is 43.6 Å². The van der Waals surface area contributed by atoms with Gasteiger partial charge in [0.15, 0.2) is 11.5 Å². The lowest BCUT2D eigenvalue weighted by atomic mass is 10.0. The van der Waals surface area contributed by atoms with Gasteiger partial charge in [0.05, 0.1) is 38.3 Å². The molecule has 1 fully saturated rings. The van der Waals surface area contributed by atoms with Crippen molar-refractivity contribution in [3.8, 4) is 0 Å². The third kappa shape index (κ3) is 5.88. The molecule has 204 valence electrons. The Labute approximate surface area is 232 Å². The second kappa shape index (κ2) is 12.4. The number of nitrogens with two attached hydrogens (primary N) is 1. The number of ether oxygens (including phenoxy) is 4. The van der Waals surface area contributed by atoms with Crippen LogP contribution < -0.4 is 5.73 Å². The molecule has 0 spiro atoms. The minimum Gasteiger partial charge on any atom is -0.381 e. The van der Waals surface area contributed by atoms with Gasteiger partial charge in [-0.25, -0.2) is 14.5 Å². The van der Waals surface area contributed by atoms with Gasteiger partial charge in [-0.1, -0.05) is 91.0 Å². The second-order valence-electron chi connectivity index (χ2n) is 9.68. The van der Waals surface area contributed by atoms with Gasteiger partial charge in [0.2, 0.25) is 0 Å². The van der Waals surface area contributed by atoms with Gasteiger partial charge in [0, 0.05) is 0 Å². The molecule has 0 saturated carbocycles. The first-order valence-electron chi connectivity index (χ1n) is 13.3. The fourth-order valence-electron chi connectivity index (χ4n) is 4.93. The largest absolute Gasteiger partial charge is 0.381 e.